The molecule has 1 saturated heterocycles. The highest BCUT2D eigenvalue weighted by Crippen LogP contribution is 2.03. The first-order valence-corrected chi connectivity index (χ1v) is 5.79. The molecular formula is C11H19N3O3. The lowest BCUT2D eigenvalue weighted by atomic mass is 10.0. The van der Waals surface area contributed by atoms with Gasteiger partial charge in [-0.25, -0.2) is 0 Å². The second-order valence-corrected chi connectivity index (χ2v) is 4.19. The van der Waals surface area contributed by atoms with E-state index in [1.807, 2.05) is 0 Å². The number of nitrogens with one attached hydrogen (secondary N) is 3. The first-order chi connectivity index (χ1) is 8.04. The SMILES string of the molecule is CNC1CCNC(=O)CCC(C(C)=O)NC1=O. The third-order valence-corrected chi connectivity index (χ3v) is 2.89. The highest BCUT2D eigenvalue weighted by atomic mass is 16.2. The van der Waals surface area contributed by atoms with Crippen molar-refractivity contribution in [2.45, 2.75) is 38.3 Å². The van der Waals surface area contributed by atoms with Gasteiger partial charge >= 0.3 is 0 Å². The summed E-state index contributed by atoms with van der Waals surface area (Å²) < 4.78 is 0. The fourth-order valence-electron chi connectivity index (χ4n) is 1.78. The lowest BCUT2D eigenvalue weighted by Gasteiger charge is -2.22. The summed E-state index contributed by atoms with van der Waals surface area (Å²) in [5, 5.41) is 8.27. The Kier molecular flexibility index (Phi) is 5.09. The van der Waals surface area contributed by atoms with Gasteiger partial charge in [-0.05, 0) is 26.8 Å². The Morgan fingerprint density at radius 1 is 1.35 bits per heavy atom. The van der Waals surface area contributed by atoms with Crippen LogP contribution in [0.1, 0.15) is 26.2 Å². The minimum absolute atomic E-state index is 0.0812. The molecule has 1 heterocycles. The Bertz CT molecular complexity index is 317. The van der Waals surface area contributed by atoms with Crippen LogP contribution in [0.3, 0.4) is 0 Å². The summed E-state index contributed by atoms with van der Waals surface area (Å²) >= 11 is 0. The van der Waals surface area contributed by atoms with Crippen molar-refractivity contribution in [3.63, 3.8) is 0 Å². The molecule has 2 unspecified atom stereocenters. The van der Waals surface area contributed by atoms with Crippen molar-refractivity contribution < 1.29 is 14.4 Å². The third-order valence-electron chi connectivity index (χ3n) is 2.89. The standard InChI is InChI=1S/C11H19N3O3/c1-7(15)8-3-4-10(16)13-6-5-9(12-2)11(17)14-8/h8-9,12H,3-6H2,1-2H3,(H,13,16)(H,14,17). The summed E-state index contributed by atoms with van der Waals surface area (Å²) in [6.07, 6.45) is 1.12. The summed E-state index contributed by atoms with van der Waals surface area (Å²) in [4.78, 5) is 34.6. The van der Waals surface area contributed by atoms with Gasteiger partial charge in [-0.1, -0.05) is 0 Å². The summed E-state index contributed by atoms with van der Waals surface area (Å²) in [6, 6.07) is -0.947. The van der Waals surface area contributed by atoms with E-state index in [1.54, 1.807) is 7.05 Å². The number of rotatable bonds is 2. The van der Waals surface area contributed by atoms with Gasteiger partial charge in [0.05, 0.1) is 12.1 Å². The second kappa shape index (κ2) is 6.34. The minimum Gasteiger partial charge on any atom is -0.356 e. The number of ketones is 1. The molecule has 3 N–H and O–H groups in total. The van der Waals surface area contributed by atoms with Gasteiger partial charge in [-0.3, -0.25) is 14.4 Å². The van der Waals surface area contributed by atoms with Crippen LogP contribution in [0.4, 0.5) is 0 Å². The Labute approximate surface area is 101 Å². The summed E-state index contributed by atoms with van der Waals surface area (Å²) in [6.45, 7) is 1.88. The van der Waals surface area contributed by atoms with Crippen molar-refractivity contribution in [3.8, 4) is 0 Å². The number of likely N-dealkylation sites (N-methyl/N-ethyl adjacent to an activating group) is 1. The highest BCUT2D eigenvalue weighted by Gasteiger charge is 2.24. The van der Waals surface area contributed by atoms with E-state index in [0.29, 0.717) is 19.4 Å². The van der Waals surface area contributed by atoms with Crippen LogP contribution in [0.5, 0.6) is 0 Å². The smallest absolute Gasteiger partial charge is 0.237 e. The zero-order chi connectivity index (χ0) is 12.8. The first kappa shape index (κ1) is 13.6. The Balaban J connectivity index is 2.73. The van der Waals surface area contributed by atoms with E-state index < -0.39 is 6.04 Å². The van der Waals surface area contributed by atoms with Gasteiger partial charge in [0.2, 0.25) is 11.8 Å². The molecule has 0 bridgehead atoms. The van der Waals surface area contributed by atoms with Crippen molar-refractivity contribution in [1.29, 1.82) is 0 Å². The average Bonchev–Trinajstić information content (AvgIpc) is 2.28. The normalized spacial score (nSPS) is 26.9. The monoisotopic (exact) mass is 241 g/mol. The summed E-state index contributed by atoms with van der Waals surface area (Å²) in [5.74, 6) is -0.396. The second-order valence-electron chi connectivity index (χ2n) is 4.19. The number of carbonyl (C=O) groups is 3. The maximum atomic E-state index is 11.8. The van der Waals surface area contributed by atoms with Gasteiger partial charge in [0.1, 0.15) is 0 Å². The minimum atomic E-state index is -0.567. The molecular weight excluding hydrogens is 222 g/mol. The Morgan fingerprint density at radius 2 is 2.06 bits per heavy atom. The number of carbonyl (C=O) groups excluding carboxylic acids is 3. The van der Waals surface area contributed by atoms with Crippen LogP contribution in [0, 0.1) is 0 Å². The van der Waals surface area contributed by atoms with Crippen LogP contribution in [-0.2, 0) is 14.4 Å². The molecule has 0 spiro atoms. The molecule has 0 radical (unpaired) electrons. The van der Waals surface area contributed by atoms with E-state index in [4.69, 9.17) is 0 Å². The molecule has 6 heteroatoms. The quantitative estimate of drug-likeness (QED) is 0.575. The van der Waals surface area contributed by atoms with Crippen molar-refractivity contribution in [2.75, 3.05) is 13.6 Å². The molecule has 1 aliphatic rings. The molecule has 2 atom stereocenters. The largest absolute Gasteiger partial charge is 0.356 e. The Hall–Kier alpha value is -1.43. The van der Waals surface area contributed by atoms with Crippen LogP contribution < -0.4 is 16.0 Å². The lowest BCUT2D eigenvalue weighted by Crippen LogP contribution is -2.51. The molecule has 0 aliphatic carbocycles. The predicted molar refractivity (Wildman–Crippen MR) is 62.3 cm³/mol. The predicted octanol–water partition coefficient (Wildman–Crippen LogP) is -1.05. The number of hydrogen-bond donors (Lipinski definition) is 3. The number of hydrogen-bond acceptors (Lipinski definition) is 4. The van der Waals surface area contributed by atoms with Crippen LogP contribution in [0.25, 0.3) is 0 Å². The molecule has 6 nitrogen and oxygen atoms in total. The molecule has 2 amide bonds. The number of Topliss-reactive ketones (excluding diaryl/α,β-unsaturated/α-hetero) is 1. The average molecular weight is 241 g/mol. The maximum absolute atomic E-state index is 11.8. The van der Waals surface area contributed by atoms with Crippen molar-refractivity contribution in [2.24, 2.45) is 0 Å². The van der Waals surface area contributed by atoms with Crippen LogP contribution in [0.2, 0.25) is 0 Å². The molecule has 1 aliphatic heterocycles. The summed E-state index contributed by atoms with van der Waals surface area (Å²) in [7, 11) is 1.68. The fourth-order valence-corrected chi connectivity index (χ4v) is 1.78. The van der Waals surface area contributed by atoms with E-state index in [0.717, 1.165) is 0 Å². The van der Waals surface area contributed by atoms with Crippen molar-refractivity contribution in [3.05, 3.63) is 0 Å². The molecule has 0 aromatic carbocycles. The number of amides is 2. The van der Waals surface area contributed by atoms with Crippen LogP contribution in [0.15, 0.2) is 0 Å². The maximum Gasteiger partial charge on any atom is 0.237 e. The van der Waals surface area contributed by atoms with Gasteiger partial charge in [0.15, 0.2) is 5.78 Å². The molecule has 1 rings (SSSR count). The van der Waals surface area contributed by atoms with Gasteiger partial charge in [0, 0.05) is 13.0 Å². The zero-order valence-electron chi connectivity index (χ0n) is 10.2. The highest BCUT2D eigenvalue weighted by molar-refractivity contribution is 5.90. The van der Waals surface area contributed by atoms with E-state index in [-0.39, 0.29) is 30.1 Å². The fraction of sp³-hybridized carbons (Fsp3) is 0.727. The third kappa shape index (κ3) is 4.14. The molecule has 0 aromatic rings. The topological polar surface area (TPSA) is 87.3 Å². The summed E-state index contributed by atoms with van der Waals surface area (Å²) in [5.41, 5.74) is 0. The van der Waals surface area contributed by atoms with Crippen LogP contribution >= 0.6 is 0 Å². The zero-order valence-corrected chi connectivity index (χ0v) is 10.2. The van der Waals surface area contributed by atoms with Gasteiger partial charge in [-0.2, -0.15) is 0 Å². The molecule has 0 saturated carbocycles. The van der Waals surface area contributed by atoms with Crippen LogP contribution in [-0.4, -0.2) is 43.3 Å². The van der Waals surface area contributed by atoms with E-state index in [2.05, 4.69) is 16.0 Å². The molecule has 0 aromatic heterocycles. The van der Waals surface area contributed by atoms with E-state index in [1.165, 1.54) is 6.92 Å². The van der Waals surface area contributed by atoms with Gasteiger partial charge < -0.3 is 16.0 Å². The van der Waals surface area contributed by atoms with Crippen molar-refractivity contribution >= 4 is 17.6 Å². The lowest BCUT2D eigenvalue weighted by molar-refractivity contribution is -0.129. The Morgan fingerprint density at radius 3 is 2.65 bits per heavy atom. The van der Waals surface area contributed by atoms with E-state index in [9.17, 15) is 14.4 Å². The van der Waals surface area contributed by atoms with Gasteiger partial charge in [-0.15, -0.1) is 0 Å². The molecule has 1 fully saturated rings. The first-order valence-electron chi connectivity index (χ1n) is 5.79. The molecule has 96 valence electrons. The van der Waals surface area contributed by atoms with Crippen molar-refractivity contribution in [1.82, 2.24) is 16.0 Å². The molecule has 17 heavy (non-hydrogen) atoms. The van der Waals surface area contributed by atoms with Gasteiger partial charge in [0.25, 0.3) is 0 Å². The van der Waals surface area contributed by atoms with E-state index >= 15 is 0 Å².